The van der Waals surface area contributed by atoms with Crippen molar-refractivity contribution in [3.8, 4) is 0 Å². The molecule has 0 spiro atoms. The third kappa shape index (κ3) is 3.52. The number of fused-ring (bicyclic) bond motifs is 2. The Labute approximate surface area is 108 Å². The molecule has 2 bridgehead atoms. The fourth-order valence-electron chi connectivity index (χ4n) is 2.10. The maximum atomic E-state index is 10.9. The Morgan fingerprint density at radius 2 is 1.61 bits per heavy atom. The molecule has 0 amide bonds. The van der Waals surface area contributed by atoms with Gasteiger partial charge in [0.05, 0.1) is 0 Å². The van der Waals surface area contributed by atoms with Crippen LogP contribution < -0.4 is 0 Å². The van der Waals surface area contributed by atoms with E-state index in [-0.39, 0.29) is 0 Å². The molecule has 0 aliphatic heterocycles. The molecule has 0 heterocycles. The molecule has 18 heavy (non-hydrogen) atoms. The van der Waals surface area contributed by atoms with Gasteiger partial charge in [-0.15, -0.1) is 4.91 Å². The molecular weight excluding hydrogens is 222 g/mol. The molecule has 2 nitrogen and oxygen atoms in total. The molecule has 0 unspecified atom stereocenters. The first-order valence-electron chi connectivity index (χ1n) is 6.35. The maximum Gasteiger partial charge on any atom is 0.111 e. The topological polar surface area (TPSA) is 29.4 Å². The Kier molecular flexibility index (Phi) is 4.65. The monoisotopic (exact) mass is 239 g/mol. The zero-order chi connectivity index (χ0) is 12.6. The molecule has 0 saturated carbocycles. The average molecular weight is 239 g/mol. The molecule has 0 radical (unpaired) electrons. The van der Waals surface area contributed by atoms with Crippen LogP contribution >= 0.6 is 0 Å². The van der Waals surface area contributed by atoms with E-state index < -0.39 is 0 Å². The Morgan fingerprint density at radius 1 is 0.833 bits per heavy atom. The summed E-state index contributed by atoms with van der Waals surface area (Å²) in [6.45, 7) is 0. The van der Waals surface area contributed by atoms with E-state index in [0.717, 1.165) is 31.3 Å². The fraction of sp³-hybridized carbons (Fsp3) is 0.250. The van der Waals surface area contributed by atoms with Crippen molar-refractivity contribution in [3.05, 3.63) is 76.4 Å². The first-order valence-corrected chi connectivity index (χ1v) is 6.35. The van der Waals surface area contributed by atoms with Crippen LogP contribution in [-0.2, 0) is 0 Å². The number of nitrogens with zero attached hydrogens (tertiary/aromatic N) is 1. The van der Waals surface area contributed by atoms with Crippen LogP contribution in [0.1, 0.15) is 25.7 Å². The second-order valence-corrected chi connectivity index (χ2v) is 4.41. The van der Waals surface area contributed by atoms with Crippen LogP contribution in [0.5, 0.6) is 0 Å². The Balaban J connectivity index is 2.45. The highest BCUT2D eigenvalue weighted by Crippen LogP contribution is 2.21. The second kappa shape index (κ2) is 6.70. The van der Waals surface area contributed by atoms with Gasteiger partial charge in [0, 0.05) is 0 Å². The summed E-state index contributed by atoms with van der Waals surface area (Å²) in [4.78, 5) is 10.9. The van der Waals surface area contributed by atoms with E-state index in [1.54, 1.807) is 6.08 Å². The molecule has 2 heteroatoms. The maximum absolute atomic E-state index is 10.9. The summed E-state index contributed by atoms with van der Waals surface area (Å²) in [6.07, 6.45) is 22.1. The van der Waals surface area contributed by atoms with E-state index in [1.807, 2.05) is 36.5 Å². The molecule has 0 aromatic heterocycles. The summed E-state index contributed by atoms with van der Waals surface area (Å²) in [6, 6.07) is 0. The number of rotatable bonds is 1. The Morgan fingerprint density at radius 3 is 2.44 bits per heavy atom. The highest BCUT2D eigenvalue weighted by Gasteiger charge is 2.04. The molecule has 0 fully saturated rings. The normalized spacial score (nSPS) is 33.9. The van der Waals surface area contributed by atoms with Gasteiger partial charge in [-0.3, -0.25) is 0 Å². The van der Waals surface area contributed by atoms with Crippen LogP contribution in [0, 0.1) is 4.91 Å². The van der Waals surface area contributed by atoms with E-state index in [2.05, 4.69) is 17.3 Å². The lowest BCUT2D eigenvalue weighted by atomic mass is 10.0. The van der Waals surface area contributed by atoms with E-state index in [9.17, 15) is 4.91 Å². The molecular formula is C16H17NO. The van der Waals surface area contributed by atoms with Gasteiger partial charge < -0.3 is 0 Å². The first kappa shape index (κ1) is 12.5. The summed E-state index contributed by atoms with van der Waals surface area (Å²) >= 11 is 0. The summed E-state index contributed by atoms with van der Waals surface area (Å²) in [5, 5.41) is 3.14. The lowest BCUT2D eigenvalue weighted by molar-refractivity contribution is 0.737. The largest absolute Gasteiger partial charge is 0.145 e. The van der Waals surface area contributed by atoms with E-state index >= 15 is 0 Å². The van der Waals surface area contributed by atoms with Gasteiger partial charge in [-0.2, -0.15) is 0 Å². The van der Waals surface area contributed by atoms with Crippen molar-refractivity contribution in [2.75, 3.05) is 0 Å². The number of hydrogen-bond acceptors (Lipinski definition) is 2. The van der Waals surface area contributed by atoms with E-state index in [0.29, 0.717) is 5.70 Å². The SMILES string of the molecule is O=NC1=C2\C=C/C=C(/C=C\C=C\C=C\1)CCCC2. The van der Waals surface area contributed by atoms with Gasteiger partial charge in [-0.1, -0.05) is 48.6 Å². The van der Waals surface area contributed by atoms with Crippen molar-refractivity contribution < 1.29 is 0 Å². The molecule has 92 valence electrons. The van der Waals surface area contributed by atoms with Gasteiger partial charge in [0.25, 0.3) is 0 Å². The lowest BCUT2D eigenvalue weighted by Gasteiger charge is -2.02. The Hall–Kier alpha value is -1.96. The number of nitroso groups, excluding NO2 is 1. The summed E-state index contributed by atoms with van der Waals surface area (Å²) < 4.78 is 0. The Bertz CT molecular complexity index is 487. The van der Waals surface area contributed by atoms with Crippen LogP contribution in [0.15, 0.2) is 76.7 Å². The van der Waals surface area contributed by atoms with Crippen LogP contribution in [0.2, 0.25) is 0 Å². The smallest absolute Gasteiger partial charge is 0.111 e. The zero-order valence-electron chi connectivity index (χ0n) is 10.4. The molecule has 0 saturated heterocycles. The first-order chi connectivity index (χ1) is 8.90. The highest BCUT2D eigenvalue weighted by atomic mass is 16.3. The van der Waals surface area contributed by atoms with Gasteiger partial charge in [0.15, 0.2) is 0 Å². The quantitative estimate of drug-likeness (QED) is 0.607. The lowest BCUT2D eigenvalue weighted by Crippen LogP contribution is -1.86. The zero-order valence-corrected chi connectivity index (χ0v) is 10.4. The number of hydrogen-bond donors (Lipinski definition) is 0. The molecule has 0 aromatic carbocycles. The predicted molar refractivity (Wildman–Crippen MR) is 75.9 cm³/mol. The average Bonchev–Trinajstić information content (AvgIpc) is 2.49. The minimum Gasteiger partial charge on any atom is -0.145 e. The third-order valence-electron chi connectivity index (χ3n) is 3.09. The van der Waals surface area contributed by atoms with Gasteiger partial charge in [-0.25, -0.2) is 0 Å². The van der Waals surface area contributed by atoms with Crippen molar-refractivity contribution in [3.63, 3.8) is 0 Å². The van der Waals surface area contributed by atoms with Gasteiger partial charge in [0.1, 0.15) is 5.70 Å². The van der Waals surface area contributed by atoms with Crippen molar-refractivity contribution in [1.29, 1.82) is 0 Å². The minimum atomic E-state index is 0.539. The van der Waals surface area contributed by atoms with Crippen LogP contribution in [0.4, 0.5) is 0 Å². The van der Waals surface area contributed by atoms with Crippen LogP contribution in [-0.4, -0.2) is 0 Å². The van der Waals surface area contributed by atoms with Crippen LogP contribution in [0.25, 0.3) is 0 Å². The molecule has 2 rings (SSSR count). The van der Waals surface area contributed by atoms with E-state index in [4.69, 9.17) is 0 Å². The van der Waals surface area contributed by atoms with Crippen LogP contribution in [0.3, 0.4) is 0 Å². The van der Waals surface area contributed by atoms with Crippen molar-refractivity contribution >= 4 is 0 Å². The summed E-state index contributed by atoms with van der Waals surface area (Å²) in [5.74, 6) is 0. The molecule has 2 aliphatic rings. The number of allylic oxidation sites excluding steroid dienone is 11. The van der Waals surface area contributed by atoms with Gasteiger partial charge in [-0.05, 0) is 48.1 Å². The molecule has 0 atom stereocenters. The van der Waals surface area contributed by atoms with Crippen molar-refractivity contribution in [2.45, 2.75) is 25.7 Å². The molecule has 0 aromatic rings. The molecule has 0 N–H and O–H groups in total. The standard InChI is InChI=1S/C16H17NO/c18-17-16-13-4-2-1-3-8-14-9-5-6-11-15(16)12-7-10-14/h1-4,7-8,10,12-13H,5-6,9,11H2/b2-1+,3-1?,4-2?,8-3-,10-7?,12-7-,13-4+,14-8?,14-10-,15-12?,16-13?,16-15-. The second-order valence-electron chi connectivity index (χ2n) is 4.41. The van der Waals surface area contributed by atoms with E-state index in [1.165, 1.54) is 5.57 Å². The molecule has 2 aliphatic carbocycles. The summed E-state index contributed by atoms with van der Waals surface area (Å²) in [7, 11) is 0. The summed E-state index contributed by atoms with van der Waals surface area (Å²) in [5.41, 5.74) is 2.89. The van der Waals surface area contributed by atoms with Crippen molar-refractivity contribution in [1.82, 2.24) is 0 Å². The fourth-order valence-corrected chi connectivity index (χ4v) is 2.10. The van der Waals surface area contributed by atoms with Gasteiger partial charge in [0.2, 0.25) is 0 Å². The van der Waals surface area contributed by atoms with Gasteiger partial charge >= 0.3 is 0 Å². The third-order valence-corrected chi connectivity index (χ3v) is 3.09. The predicted octanol–water partition coefficient (Wildman–Crippen LogP) is 4.75. The highest BCUT2D eigenvalue weighted by molar-refractivity contribution is 5.38. The van der Waals surface area contributed by atoms with Crippen molar-refractivity contribution in [2.24, 2.45) is 5.18 Å². The minimum absolute atomic E-state index is 0.539.